The van der Waals surface area contributed by atoms with Crippen LogP contribution in [0.1, 0.15) is 15.9 Å². The van der Waals surface area contributed by atoms with Gasteiger partial charge in [-0.05, 0) is 30.3 Å². The lowest BCUT2D eigenvalue weighted by Gasteiger charge is -2.06. The summed E-state index contributed by atoms with van der Waals surface area (Å²) in [7, 11) is 0. The van der Waals surface area contributed by atoms with E-state index < -0.39 is 28.8 Å². The van der Waals surface area contributed by atoms with Crippen LogP contribution in [-0.4, -0.2) is 5.78 Å². The number of benzene rings is 2. The van der Waals surface area contributed by atoms with Gasteiger partial charge in [-0.2, -0.15) is 0 Å². The molecule has 0 aliphatic rings. The van der Waals surface area contributed by atoms with Crippen molar-refractivity contribution in [2.24, 2.45) is 0 Å². The Morgan fingerprint density at radius 2 is 1.63 bits per heavy atom. The van der Waals surface area contributed by atoms with Gasteiger partial charge < -0.3 is 0 Å². The third-order valence-electron chi connectivity index (χ3n) is 2.46. The van der Waals surface area contributed by atoms with E-state index in [2.05, 4.69) is 15.9 Å². The van der Waals surface area contributed by atoms with Crippen molar-refractivity contribution in [2.45, 2.75) is 0 Å². The molecule has 2 aromatic rings. The molecule has 0 aliphatic heterocycles. The smallest absolute Gasteiger partial charge is 0.197 e. The minimum Gasteiger partial charge on any atom is -0.288 e. The van der Waals surface area contributed by atoms with Crippen LogP contribution in [0.3, 0.4) is 0 Å². The predicted molar refractivity (Wildman–Crippen MR) is 68.9 cm³/mol. The molecule has 1 nitrogen and oxygen atoms in total. The molecule has 19 heavy (non-hydrogen) atoms. The standard InChI is InChI=1S/C13H5BrClF3O/c14-6-1-2-7(9(15)5-6)13(19)8-3-4-10(16)12(18)11(8)17/h1-5H. The summed E-state index contributed by atoms with van der Waals surface area (Å²) in [6.45, 7) is 0. The molecule has 0 N–H and O–H groups in total. The summed E-state index contributed by atoms with van der Waals surface area (Å²) in [5.41, 5.74) is -0.558. The maximum absolute atomic E-state index is 13.5. The normalized spacial score (nSPS) is 10.6. The molecule has 0 aromatic heterocycles. The Morgan fingerprint density at radius 3 is 2.26 bits per heavy atom. The fourth-order valence-electron chi connectivity index (χ4n) is 1.52. The van der Waals surface area contributed by atoms with Gasteiger partial charge in [0.15, 0.2) is 23.2 Å². The second-order valence-electron chi connectivity index (χ2n) is 3.68. The molecular weight excluding hydrogens is 344 g/mol. The van der Waals surface area contributed by atoms with Crippen molar-refractivity contribution < 1.29 is 18.0 Å². The summed E-state index contributed by atoms with van der Waals surface area (Å²) in [5.74, 6) is -5.37. The highest BCUT2D eigenvalue weighted by atomic mass is 79.9. The SMILES string of the molecule is O=C(c1ccc(Br)cc1Cl)c1ccc(F)c(F)c1F. The first-order valence-corrected chi connectivity index (χ1v) is 6.22. The van der Waals surface area contributed by atoms with Crippen molar-refractivity contribution in [1.29, 1.82) is 0 Å². The number of hydrogen-bond donors (Lipinski definition) is 0. The summed E-state index contributed by atoms with van der Waals surface area (Å²) in [6, 6.07) is 5.94. The van der Waals surface area contributed by atoms with Gasteiger partial charge in [0.1, 0.15) is 0 Å². The van der Waals surface area contributed by atoms with E-state index in [1.165, 1.54) is 18.2 Å². The number of hydrogen-bond acceptors (Lipinski definition) is 1. The van der Waals surface area contributed by atoms with Gasteiger partial charge in [-0.1, -0.05) is 27.5 Å². The zero-order chi connectivity index (χ0) is 14.2. The predicted octanol–water partition coefficient (Wildman–Crippen LogP) is 4.75. The van der Waals surface area contributed by atoms with Gasteiger partial charge in [-0.15, -0.1) is 0 Å². The van der Waals surface area contributed by atoms with Crippen LogP contribution in [0, 0.1) is 17.5 Å². The third kappa shape index (κ3) is 2.67. The first-order chi connectivity index (χ1) is 8.91. The van der Waals surface area contributed by atoms with Gasteiger partial charge in [-0.25, -0.2) is 13.2 Å². The molecule has 6 heteroatoms. The molecule has 98 valence electrons. The zero-order valence-corrected chi connectivity index (χ0v) is 11.5. The highest BCUT2D eigenvalue weighted by Gasteiger charge is 2.21. The molecule has 2 rings (SSSR count). The summed E-state index contributed by atoms with van der Waals surface area (Å²) in [4.78, 5) is 12.0. The Morgan fingerprint density at radius 1 is 1.00 bits per heavy atom. The van der Waals surface area contributed by atoms with E-state index >= 15 is 0 Å². The summed E-state index contributed by atoms with van der Waals surface area (Å²) in [6.07, 6.45) is 0. The number of rotatable bonds is 2. The molecule has 0 saturated carbocycles. The average molecular weight is 350 g/mol. The molecule has 0 radical (unpaired) electrons. The van der Waals surface area contributed by atoms with E-state index in [0.717, 1.165) is 6.07 Å². The zero-order valence-electron chi connectivity index (χ0n) is 9.18. The van der Waals surface area contributed by atoms with Gasteiger partial charge in [0, 0.05) is 10.0 Å². The second kappa shape index (κ2) is 5.35. The van der Waals surface area contributed by atoms with Crippen molar-refractivity contribution in [3.63, 3.8) is 0 Å². The van der Waals surface area contributed by atoms with Crippen molar-refractivity contribution in [1.82, 2.24) is 0 Å². The second-order valence-corrected chi connectivity index (χ2v) is 5.00. The fraction of sp³-hybridized carbons (Fsp3) is 0. The molecule has 2 aromatic carbocycles. The summed E-state index contributed by atoms with van der Waals surface area (Å²) in [5, 5.41) is 0.0866. The van der Waals surface area contributed by atoms with Crippen molar-refractivity contribution >= 4 is 33.3 Å². The van der Waals surface area contributed by atoms with Crippen molar-refractivity contribution in [3.05, 3.63) is 68.4 Å². The Labute approximate surface area is 120 Å². The highest BCUT2D eigenvalue weighted by molar-refractivity contribution is 9.10. The van der Waals surface area contributed by atoms with E-state index in [1.807, 2.05) is 0 Å². The van der Waals surface area contributed by atoms with E-state index in [0.29, 0.717) is 10.5 Å². The van der Waals surface area contributed by atoms with Crippen LogP contribution >= 0.6 is 27.5 Å². The number of halogens is 5. The van der Waals surface area contributed by atoms with Crippen LogP contribution in [0.25, 0.3) is 0 Å². The van der Waals surface area contributed by atoms with E-state index in [-0.39, 0.29) is 10.6 Å². The molecule has 0 amide bonds. The van der Waals surface area contributed by atoms with Crippen LogP contribution in [0.15, 0.2) is 34.8 Å². The van der Waals surface area contributed by atoms with E-state index in [1.54, 1.807) is 0 Å². The molecule has 0 fully saturated rings. The summed E-state index contributed by atoms with van der Waals surface area (Å²) < 4.78 is 40.0. The van der Waals surface area contributed by atoms with Crippen LogP contribution in [0.4, 0.5) is 13.2 Å². The molecule has 0 saturated heterocycles. The average Bonchev–Trinajstić information content (AvgIpc) is 2.35. The molecule has 0 atom stereocenters. The van der Waals surface area contributed by atoms with Crippen LogP contribution in [0.2, 0.25) is 5.02 Å². The Bertz CT molecular complexity index is 673. The molecule has 0 heterocycles. The van der Waals surface area contributed by atoms with Crippen molar-refractivity contribution in [2.75, 3.05) is 0 Å². The van der Waals surface area contributed by atoms with Crippen LogP contribution in [0.5, 0.6) is 0 Å². The third-order valence-corrected chi connectivity index (χ3v) is 3.26. The molecule has 0 bridgehead atoms. The van der Waals surface area contributed by atoms with Gasteiger partial charge in [0.2, 0.25) is 0 Å². The Hall–Kier alpha value is -1.33. The first-order valence-electron chi connectivity index (χ1n) is 5.05. The lowest BCUT2D eigenvalue weighted by atomic mass is 10.0. The van der Waals surface area contributed by atoms with Gasteiger partial charge in [-0.3, -0.25) is 4.79 Å². The first kappa shape index (κ1) is 14.1. The lowest BCUT2D eigenvalue weighted by molar-refractivity contribution is 0.103. The van der Waals surface area contributed by atoms with E-state index in [9.17, 15) is 18.0 Å². The molecule has 0 spiro atoms. The Kier molecular flexibility index (Phi) is 3.96. The maximum Gasteiger partial charge on any atom is 0.197 e. The lowest BCUT2D eigenvalue weighted by Crippen LogP contribution is -2.07. The minimum absolute atomic E-state index is 0.00905. The fourth-order valence-corrected chi connectivity index (χ4v) is 2.28. The monoisotopic (exact) mass is 348 g/mol. The summed E-state index contributed by atoms with van der Waals surface area (Å²) >= 11 is 9.01. The topological polar surface area (TPSA) is 17.1 Å². The van der Waals surface area contributed by atoms with Gasteiger partial charge in [0.05, 0.1) is 10.6 Å². The van der Waals surface area contributed by atoms with Crippen molar-refractivity contribution in [3.8, 4) is 0 Å². The number of carbonyl (C=O) groups excluding carboxylic acids is 1. The van der Waals surface area contributed by atoms with Gasteiger partial charge in [0.25, 0.3) is 0 Å². The van der Waals surface area contributed by atoms with E-state index in [4.69, 9.17) is 11.6 Å². The molecule has 0 aliphatic carbocycles. The number of carbonyl (C=O) groups is 1. The molecule has 0 unspecified atom stereocenters. The van der Waals surface area contributed by atoms with Crippen LogP contribution < -0.4 is 0 Å². The minimum atomic E-state index is -1.68. The number of ketones is 1. The molecular formula is C13H5BrClF3O. The quantitative estimate of drug-likeness (QED) is 0.565. The van der Waals surface area contributed by atoms with Crippen LogP contribution in [-0.2, 0) is 0 Å². The Balaban J connectivity index is 2.53. The van der Waals surface area contributed by atoms with Gasteiger partial charge >= 0.3 is 0 Å². The highest BCUT2D eigenvalue weighted by Crippen LogP contribution is 2.25. The largest absolute Gasteiger partial charge is 0.288 e. The maximum atomic E-state index is 13.5.